The van der Waals surface area contributed by atoms with Crippen molar-refractivity contribution < 1.29 is 14.2 Å². The maximum absolute atomic E-state index is 6.00. The van der Waals surface area contributed by atoms with Gasteiger partial charge < -0.3 is 19.5 Å². The summed E-state index contributed by atoms with van der Waals surface area (Å²) in [5.74, 6) is 1.97. The van der Waals surface area contributed by atoms with Gasteiger partial charge in [0.05, 0.1) is 19.8 Å². The average molecular weight is 411 g/mol. The summed E-state index contributed by atoms with van der Waals surface area (Å²) in [5.41, 5.74) is 5.00. The van der Waals surface area contributed by atoms with Crippen molar-refractivity contribution in [2.45, 2.75) is 45.9 Å². The van der Waals surface area contributed by atoms with E-state index in [1.54, 1.807) is 0 Å². The van der Waals surface area contributed by atoms with Gasteiger partial charge in [-0.3, -0.25) is 4.90 Å². The van der Waals surface area contributed by atoms with Crippen molar-refractivity contribution in [3.8, 4) is 11.5 Å². The zero-order chi connectivity index (χ0) is 20.9. The molecule has 0 amide bonds. The summed E-state index contributed by atoms with van der Waals surface area (Å²) >= 11 is 0. The summed E-state index contributed by atoms with van der Waals surface area (Å²) in [5, 5.41) is 3.80. The molecular weight excluding hydrogens is 376 g/mol. The van der Waals surface area contributed by atoms with Crippen LogP contribution in [0.1, 0.15) is 42.1 Å². The molecule has 0 bridgehead atoms. The summed E-state index contributed by atoms with van der Waals surface area (Å²) in [7, 11) is 0. The Bertz CT molecular complexity index is 831. The van der Waals surface area contributed by atoms with E-state index in [-0.39, 0.29) is 12.1 Å². The standard InChI is InChI=1S/C25H34N2O3/c1-4-29-24-14-21-13-19(3)30-25(21)15-22(24)16-26-23(17-27-9-11-28-12-10-27)20-7-5-18(2)6-8-20/h5-8,14-15,19,23,26H,4,9-13,16-17H2,1-3H3/t19-,23+/m0/s1. The summed E-state index contributed by atoms with van der Waals surface area (Å²) < 4.78 is 17.5. The van der Waals surface area contributed by atoms with Gasteiger partial charge in [-0.1, -0.05) is 29.8 Å². The van der Waals surface area contributed by atoms with Gasteiger partial charge in [0, 0.05) is 49.8 Å². The molecule has 2 aliphatic heterocycles. The average Bonchev–Trinajstić information content (AvgIpc) is 3.11. The van der Waals surface area contributed by atoms with Crippen LogP contribution in [0.25, 0.3) is 0 Å². The van der Waals surface area contributed by atoms with Crippen molar-refractivity contribution in [2.24, 2.45) is 0 Å². The van der Waals surface area contributed by atoms with Crippen LogP contribution in [0.5, 0.6) is 11.5 Å². The Kier molecular flexibility index (Phi) is 6.93. The molecule has 2 atom stereocenters. The van der Waals surface area contributed by atoms with Crippen molar-refractivity contribution in [3.05, 3.63) is 58.7 Å². The second-order valence-electron chi connectivity index (χ2n) is 8.39. The smallest absolute Gasteiger partial charge is 0.124 e. The Balaban J connectivity index is 1.52. The lowest BCUT2D eigenvalue weighted by molar-refractivity contribution is 0.0333. The normalized spacial score (nSPS) is 19.9. The first-order valence-electron chi connectivity index (χ1n) is 11.2. The molecule has 5 nitrogen and oxygen atoms in total. The van der Waals surface area contributed by atoms with Gasteiger partial charge in [-0.25, -0.2) is 0 Å². The van der Waals surface area contributed by atoms with Crippen molar-refractivity contribution in [3.63, 3.8) is 0 Å². The third kappa shape index (κ3) is 5.15. The third-order valence-electron chi connectivity index (χ3n) is 5.94. The molecule has 1 fully saturated rings. The number of fused-ring (bicyclic) bond motifs is 1. The summed E-state index contributed by atoms with van der Waals surface area (Å²) in [6, 6.07) is 13.4. The molecule has 2 aromatic carbocycles. The lowest BCUT2D eigenvalue weighted by Crippen LogP contribution is -2.41. The predicted molar refractivity (Wildman–Crippen MR) is 119 cm³/mol. The number of hydrogen-bond acceptors (Lipinski definition) is 5. The van der Waals surface area contributed by atoms with E-state index in [0.717, 1.165) is 62.9 Å². The molecule has 1 N–H and O–H groups in total. The highest BCUT2D eigenvalue weighted by molar-refractivity contribution is 5.48. The first kappa shape index (κ1) is 21.2. The molecule has 0 aromatic heterocycles. The number of aryl methyl sites for hydroxylation is 1. The number of rotatable bonds is 8. The van der Waals surface area contributed by atoms with E-state index in [4.69, 9.17) is 14.2 Å². The monoisotopic (exact) mass is 410 g/mol. The minimum atomic E-state index is 0.235. The minimum absolute atomic E-state index is 0.235. The van der Waals surface area contributed by atoms with Gasteiger partial charge in [0.15, 0.2) is 0 Å². The quantitative estimate of drug-likeness (QED) is 0.715. The number of hydrogen-bond donors (Lipinski definition) is 1. The van der Waals surface area contributed by atoms with Crippen molar-refractivity contribution in [2.75, 3.05) is 39.5 Å². The van der Waals surface area contributed by atoms with Crippen LogP contribution < -0.4 is 14.8 Å². The molecule has 0 unspecified atom stereocenters. The zero-order valence-electron chi connectivity index (χ0n) is 18.4. The number of ether oxygens (including phenoxy) is 3. The molecule has 2 heterocycles. The maximum Gasteiger partial charge on any atom is 0.124 e. The van der Waals surface area contributed by atoms with Crippen LogP contribution in [-0.4, -0.2) is 50.5 Å². The molecule has 0 saturated carbocycles. The molecule has 0 radical (unpaired) electrons. The van der Waals surface area contributed by atoms with Crippen LogP contribution >= 0.6 is 0 Å². The van der Waals surface area contributed by atoms with Crippen LogP contribution in [0, 0.1) is 6.92 Å². The van der Waals surface area contributed by atoms with Crippen LogP contribution in [-0.2, 0) is 17.7 Å². The Morgan fingerprint density at radius 1 is 1.17 bits per heavy atom. The van der Waals surface area contributed by atoms with Gasteiger partial charge in [-0.15, -0.1) is 0 Å². The van der Waals surface area contributed by atoms with Crippen molar-refractivity contribution >= 4 is 0 Å². The SMILES string of the molecule is CCOc1cc2c(cc1CN[C@H](CN1CCOCC1)c1ccc(C)cc1)O[C@@H](C)C2. The first-order valence-corrected chi connectivity index (χ1v) is 11.2. The second-order valence-corrected chi connectivity index (χ2v) is 8.39. The van der Waals surface area contributed by atoms with E-state index in [1.165, 1.54) is 16.7 Å². The van der Waals surface area contributed by atoms with Crippen molar-refractivity contribution in [1.82, 2.24) is 10.2 Å². The van der Waals surface area contributed by atoms with E-state index in [1.807, 2.05) is 6.92 Å². The predicted octanol–water partition coefficient (Wildman–Crippen LogP) is 3.88. The number of nitrogens with one attached hydrogen (secondary N) is 1. The molecular formula is C25H34N2O3. The number of nitrogens with zero attached hydrogens (tertiary/aromatic N) is 1. The maximum atomic E-state index is 6.00. The fourth-order valence-corrected chi connectivity index (χ4v) is 4.27. The number of benzene rings is 2. The lowest BCUT2D eigenvalue weighted by atomic mass is 10.0. The summed E-state index contributed by atoms with van der Waals surface area (Å²) in [6.45, 7) is 12.3. The summed E-state index contributed by atoms with van der Waals surface area (Å²) in [6.07, 6.45) is 1.19. The highest BCUT2D eigenvalue weighted by Gasteiger charge is 2.23. The van der Waals surface area contributed by atoms with Gasteiger partial charge in [0.1, 0.15) is 17.6 Å². The Morgan fingerprint density at radius 2 is 1.93 bits per heavy atom. The minimum Gasteiger partial charge on any atom is -0.494 e. The zero-order valence-corrected chi connectivity index (χ0v) is 18.4. The Labute approximate surface area is 180 Å². The largest absolute Gasteiger partial charge is 0.494 e. The molecule has 5 heteroatoms. The highest BCUT2D eigenvalue weighted by atomic mass is 16.5. The molecule has 2 aliphatic rings. The molecule has 162 valence electrons. The molecule has 2 aromatic rings. The van der Waals surface area contributed by atoms with Gasteiger partial charge in [-0.05, 0) is 38.5 Å². The van der Waals surface area contributed by atoms with Gasteiger partial charge in [0.2, 0.25) is 0 Å². The third-order valence-corrected chi connectivity index (χ3v) is 5.94. The van der Waals surface area contributed by atoms with Crippen LogP contribution in [0.2, 0.25) is 0 Å². The van der Waals surface area contributed by atoms with E-state index >= 15 is 0 Å². The molecule has 0 aliphatic carbocycles. The fraction of sp³-hybridized carbons (Fsp3) is 0.520. The number of morpholine rings is 1. The topological polar surface area (TPSA) is 43.0 Å². The Hall–Kier alpha value is -2.08. The first-order chi connectivity index (χ1) is 14.6. The van der Waals surface area contributed by atoms with Crippen LogP contribution in [0.3, 0.4) is 0 Å². The van der Waals surface area contributed by atoms with Crippen molar-refractivity contribution in [1.29, 1.82) is 0 Å². The molecule has 1 saturated heterocycles. The lowest BCUT2D eigenvalue weighted by Gasteiger charge is -2.31. The highest BCUT2D eigenvalue weighted by Crippen LogP contribution is 2.35. The van der Waals surface area contributed by atoms with Gasteiger partial charge in [-0.2, -0.15) is 0 Å². The molecule has 4 rings (SSSR count). The van der Waals surface area contributed by atoms with Gasteiger partial charge >= 0.3 is 0 Å². The summed E-state index contributed by atoms with van der Waals surface area (Å²) in [4.78, 5) is 2.48. The molecule has 0 spiro atoms. The van der Waals surface area contributed by atoms with Gasteiger partial charge in [0.25, 0.3) is 0 Å². The van der Waals surface area contributed by atoms with E-state index in [0.29, 0.717) is 6.61 Å². The van der Waals surface area contributed by atoms with E-state index in [9.17, 15) is 0 Å². The van der Waals surface area contributed by atoms with Crippen LogP contribution in [0.4, 0.5) is 0 Å². The second kappa shape index (κ2) is 9.82. The van der Waals surface area contributed by atoms with E-state index in [2.05, 4.69) is 60.5 Å². The fourth-order valence-electron chi connectivity index (χ4n) is 4.27. The van der Waals surface area contributed by atoms with E-state index < -0.39 is 0 Å². The Morgan fingerprint density at radius 3 is 2.67 bits per heavy atom. The van der Waals surface area contributed by atoms with Crippen LogP contribution in [0.15, 0.2) is 36.4 Å². The molecule has 30 heavy (non-hydrogen) atoms.